The predicted molar refractivity (Wildman–Crippen MR) is 85.5 cm³/mol. The van der Waals surface area contributed by atoms with Gasteiger partial charge in [-0.3, -0.25) is 0 Å². The molecule has 0 bridgehead atoms. The minimum Gasteiger partial charge on any atom is -0.380 e. The minimum atomic E-state index is -0.946. The van der Waals surface area contributed by atoms with Gasteiger partial charge < -0.3 is 16.6 Å². The molecule has 5 N–H and O–H groups in total. The van der Waals surface area contributed by atoms with E-state index in [2.05, 4.69) is 15.0 Å². The number of aromatic nitrogens is 2. The molecule has 0 amide bonds. The van der Waals surface area contributed by atoms with Crippen molar-refractivity contribution in [2.45, 2.75) is 6.10 Å². The minimum absolute atomic E-state index is 0.0935. The highest BCUT2D eigenvalue weighted by molar-refractivity contribution is 5.91. The van der Waals surface area contributed by atoms with Gasteiger partial charge in [0.1, 0.15) is 6.10 Å². The molecule has 1 aromatic heterocycles. The van der Waals surface area contributed by atoms with Crippen molar-refractivity contribution in [3.63, 3.8) is 0 Å². The number of benzene rings is 2. The maximum atomic E-state index is 10.5. The van der Waals surface area contributed by atoms with Crippen LogP contribution in [0.5, 0.6) is 0 Å². The van der Waals surface area contributed by atoms with Crippen LogP contribution in [0.1, 0.15) is 17.5 Å². The summed E-state index contributed by atoms with van der Waals surface area (Å²) in [5, 5.41) is 11.2. The number of hydrogen-bond donors (Lipinski definition) is 3. The van der Waals surface area contributed by atoms with Crippen molar-refractivity contribution in [1.82, 2.24) is 9.97 Å². The number of rotatable bonds is 3. The van der Waals surface area contributed by atoms with Crippen LogP contribution in [0, 0.1) is 0 Å². The van der Waals surface area contributed by atoms with Gasteiger partial charge in [0.05, 0.1) is 5.52 Å². The monoisotopic (exact) mass is 293 g/mol. The summed E-state index contributed by atoms with van der Waals surface area (Å²) < 4.78 is 0. The molecular formula is C16H15N5O. The van der Waals surface area contributed by atoms with Gasteiger partial charge in [0.2, 0.25) is 0 Å². The quantitative estimate of drug-likeness (QED) is 0.502. The van der Waals surface area contributed by atoms with E-state index in [4.69, 9.17) is 11.5 Å². The van der Waals surface area contributed by atoms with Crippen LogP contribution in [0.2, 0.25) is 0 Å². The Bertz CT molecular complexity index is 828. The molecule has 0 fully saturated rings. The topological polar surface area (TPSA) is 110 Å². The number of hydrogen-bond acceptors (Lipinski definition) is 4. The zero-order valence-electron chi connectivity index (χ0n) is 11.7. The van der Waals surface area contributed by atoms with Crippen LogP contribution in [0.25, 0.3) is 10.9 Å². The number of guanidine groups is 1. The lowest BCUT2D eigenvalue weighted by Crippen LogP contribution is -2.22. The molecule has 3 aromatic rings. The molecule has 0 radical (unpaired) electrons. The third-order valence-electron chi connectivity index (χ3n) is 3.20. The second-order valence-electron chi connectivity index (χ2n) is 4.77. The zero-order valence-corrected chi connectivity index (χ0v) is 11.7. The number of nitrogens with zero attached hydrogens (tertiary/aromatic N) is 3. The molecule has 0 aliphatic carbocycles. The molecule has 0 unspecified atom stereocenters. The van der Waals surface area contributed by atoms with Gasteiger partial charge in [0.25, 0.3) is 0 Å². The summed E-state index contributed by atoms with van der Waals surface area (Å²) in [6, 6.07) is 16.5. The summed E-state index contributed by atoms with van der Waals surface area (Å²) in [6.45, 7) is 0. The van der Waals surface area contributed by atoms with Crippen LogP contribution in [-0.2, 0) is 0 Å². The fraction of sp³-hybridized carbons (Fsp3) is 0.0625. The molecule has 2 aromatic carbocycles. The lowest BCUT2D eigenvalue weighted by atomic mass is 10.1. The largest absolute Gasteiger partial charge is 0.380 e. The van der Waals surface area contributed by atoms with Gasteiger partial charge in [-0.25, -0.2) is 9.97 Å². The first-order chi connectivity index (χ1) is 10.6. The zero-order chi connectivity index (χ0) is 15.5. The molecular weight excluding hydrogens is 278 g/mol. The van der Waals surface area contributed by atoms with Crippen molar-refractivity contribution >= 4 is 22.7 Å². The van der Waals surface area contributed by atoms with Crippen molar-refractivity contribution in [1.29, 1.82) is 0 Å². The van der Waals surface area contributed by atoms with Gasteiger partial charge in [-0.2, -0.15) is 4.99 Å². The summed E-state index contributed by atoms with van der Waals surface area (Å²) in [7, 11) is 0. The average molecular weight is 293 g/mol. The lowest BCUT2D eigenvalue weighted by molar-refractivity contribution is 0.210. The summed E-state index contributed by atoms with van der Waals surface area (Å²) in [5.41, 5.74) is 12.3. The predicted octanol–water partition coefficient (Wildman–Crippen LogP) is 1.62. The van der Waals surface area contributed by atoms with E-state index in [1.807, 2.05) is 54.6 Å². The van der Waals surface area contributed by atoms with Crippen molar-refractivity contribution < 1.29 is 5.11 Å². The molecule has 0 aliphatic heterocycles. The Labute approximate surface area is 127 Å². The molecule has 6 nitrogen and oxygen atoms in total. The maximum absolute atomic E-state index is 10.5. The lowest BCUT2D eigenvalue weighted by Gasteiger charge is -2.11. The first-order valence-electron chi connectivity index (χ1n) is 6.74. The maximum Gasteiger partial charge on any atom is 0.192 e. The molecule has 0 aliphatic rings. The van der Waals surface area contributed by atoms with Gasteiger partial charge in [0.15, 0.2) is 17.6 Å². The molecule has 3 rings (SSSR count). The fourth-order valence-corrected chi connectivity index (χ4v) is 2.19. The van der Waals surface area contributed by atoms with Crippen LogP contribution in [-0.4, -0.2) is 21.0 Å². The van der Waals surface area contributed by atoms with Crippen LogP contribution in [0.3, 0.4) is 0 Å². The number of fused-ring (bicyclic) bond motifs is 1. The molecule has 1 atom stereocenters. The van der Waals surface area contributed by atoms with Crippen molar-refractivity contribution in [3.05, 3.63) is 66.0 Å². The summed E-state index contributed by atoms with van der Waals surface area (Å²) in [4.78, 5) is 12.8. The van der Waals surface area contributed by atoms with Crippen molar-refractivity contribution in [2.75, 3.05) is 0 Å². The Kier molecular flexibility index (Phi) is 3.67. The average Bonchev–Trinajstić information content (AvgIpc) is 2.54. The van der Waals surface area contributed by atoms with Gasteiger partial charge in [-0.1, -0.05) is 42.5 Å². The second kappa shape index (κ2) is 5.79. The Morgan fingerprint density at radius 1 is 0.955 bits per heavy atom. The summed E-state index contributed by atoms with van der Waals surface area (Å²) in [5.74, 6) is 0.504. The van der Waals surface area contributed by atoms with E-state index < -0.39 is 6.10 Å². The van der Waals surface area contributed by atoms with Crippen LogP contribution < -0.4 is 11.5 Å². The number of nitrogens with two attached hydrogens (primary N) is 2. The van der Waals surface area contributed by atoms with Gasteiger partial charge in [-0.15, -0.1) is 0 Å². The SMILES string of the molecule is NC(N)=Nc1nc([C@H](O)c2ccccc2)nc2ccccc12. The van der Waals surface area contributed by atoms with Crippen LogP contribution in [0.4, 0.5) is 5.82 Å². The highest BCUT2D eigenvalue weighted by atomic mass is 16.3. The Balaban J connectivity index is 2.17. The normalized spacial score (nSPS) is 12.0. The molecule has 6 heteroatoms. The molecule has 0 saturated heterocycles. The van der Waals surface area contributed by atoms with E-state index in [0.29, 0.717) is 16.9 Å². The molecule has 110 valence electrons. The van der Waals surface area contributed by atoms with Crippen molar-refractivity contribution in [3.8, 4) is 0 Å². The summed E-state index contributed by atoms with van der Waals surface area (Å²) in [6.07, 6.45) is -0.946. The third kappa shape index (κ3) is 2.72. The van der Waals surface area contributed by atoms with Gasteiger partial charge in [0, 0.05) is 5.39 Å². The van der Waals surface area contributed by atoms with Crippen LogP contribution >= 0.6 is 0 Å². The summed E-state index contributed by atoms with van der Waals surface area (Å²) >= 11 is 0. The molecule has 0 saturated carbocycles. The van der Waals surface area contributed by atoms with E-state index in [-0.39, 0.29) is 11.8 Å². The van der Waals surface area contributed by atoms with E-state index >= 15 is 0 Å². The Morgan fingerprint density at radius 2 is 1.64 bits per heavy atom. The second-order valence-corrected chi connectivity index (χ2v) is 4.77. The van der Waals surface area contributed by atoms with Crippen LogP contribution in [0.15, 0.2) is 59.6 Å². The Hall–Kier alpha value is -2.99. The third-order valence-corrected chi connectivity index (χ3v) is 3.20. The van der Waals surface area contributed by atoms with E-state index in [9.17, 15) is 5.11 Å². The Morgan fingerprint density at radius 3 is 2.36 bits per heavy atom. The van der Waals surface area contributed by atoms with Gasteiger partial charge >= 0.3 is 0 Å². The highest BCUT2D eigenvalue weighted by Crippen LogP contribution is 2.26. The number of aliphatic imine (C=N–C) groups is 1. The van der Waals surface area contributed by atoms with Crippen molar-refractivity contribution in [2.24, 2.45) is 16.5 Å². The number of aliphatic hydroxyl groups excluding tert-OH is 1. The number of para-hydroxylation sites is 1. The van der Waals surface area contributed by atoms with E-state index in [0.717, 1.165) is 5.39 Å². The highest BCUT2D eigenvalue weighted by Gasteiger charge is 2.16. The first-order valence-corrected chi connectivity index (χ1v) is 6.74. The standard InChI is InChI=1S/C16H15N5O/c17-16(18)21-14-11-8-4-5-9-12(11)19-15(20-14)13(22)10-6-2-1-3-7-10/h1-9,13,22H,(H4,17,18,19,20,21)/t13-/m1/s1. The number of aliphatic hydroxyl groups is 1. The molecule has 22 heavy (non-hydrogen) atoms. The molecule has 1 heterocycles. The smallest absolute Gasteiger partial charge is 0.192 e. The van der Waals surface area contributed by atoms with E-state index in [1.54, 1.807) is 0 Å². The fourth-order valence-electron chi connectivity index (χ4n) is 2.19. The first kappa shape index (κ1) is 14.0. The molecule has 0 spiro atoms. The van der Waals surface area contributed by atoms with E-state index in [1.165, 1.54) is 0 Å². The van der Waals surface area contributed by atoms with Gasteiger partial charge in [-0.05, 0) is 17.7 Å².